The molecule has 1 aliphatic heterocycles. The normalized spacial score (nSPS) is 30.6. The van der Waals surface area contributed by atoms with Crippen molar-refractivity contribution in [1.29, 1.82) is 0 Å². The number of fused-ring (bicyclic) bond motifs is 5. The molecule has 0 unspecified atom stereocenters. The van der Waals surface area contributed by atoms with E-state index in [2.05, 4.69) is 21.0 Å². The van der Waals surface area contributed by atoms with E-state index < -0.39 is 4.92 Å². The first kappa shape index (κ1) is 15.2. The van der Waals surface area contributed by atoms with Crippen LogP contribution in [0.2, 0.25) is 0 Å². The van der Waals surface area contributed by atoms with Gasteiger partial charge in [0.15, 0.2) is 0 Å². The summed E-state index contributed by atoms with van der Waals surface area (Å²) >= 11 is 3.24. The highest BCUT2D eigenvalue weighted by molar-refractivity contribution is 9.10. The van der Waals surface area contributed by atoms with Crippen LogP contribution in [-0.4, -0.2) is 28.0 Å². The number of benzene rings is 1. The average Bonchev–Trinajstić information content (AvgIpc) is 3.21. The summed E-state index contributed by atoms with van der Waals surface area (Å²) in [6.07, 6.45) is 6.30. The number of amides is 2. The van der Waals surface area contributed by atoms with Crippen molar-refractivity contribution in [1.82, 2.24) is 5.01 Å². The Balaban J connectivity index is 1.58. The smallest absolute Gasteiger partial charge is 0.270 e. The van der Waals surface area contributed by atoms with Crippen LogP contribution in [-0.2, 0) is 9.59 Å². The van der Waals surface area contributed by atoms with Crippen molar-refractivity contribution in [3.05, 3.63) is 50.5 Å². The molecule has 3 aliphatic rings. The Bertz CT molecular complexity index is 805. The molecule has 122 valence electrons. The molecule has 1 aromatic carbocycles. The predicted octanol–water partition coefficient (Wildman–Crippen LogP) is 2.50. The summed E-state index contributed by atoms with van der Waals surface area (Å²) in [6, 6.07) is 4.22. The number of non-ortho nitro benzene ring substituents is 1. The first-order valence-corrected chi connectivity index (χ1v) is 8.30. The van der Waals surface area contributed by atoms with E-state index in [9.17, 15) is 19.7 Å². The van der Waals surface area contributed by atoms with Crippen molar-refractivity contribution in [2.75, 3.05) is 0 Å². The fourth-order valence-corrected chi connectivity index (χ4v) is 4.32. The molecule has 1 heterocycles. The number of nitrogens with zero attached hydrogens (tertiary/aromatic N) is 3. The van der Waals surface area contributed by atoms with Gasteiger partial charge in [0.2, 0.25) is 0 Å². The van der Waals surface area contributed by atoms with Gasteiger partial charge in [-0.15, -0.1) is 0 Å². The lowest BCUT2D eigenvalue weighted by molar-refractivity contribution is -0.384. The van der Waals surface area contributed by atoms with Crippen LogP contribution >= 0.6 is 15.9 Å². The minimum Gasteiger partial charge on any atom is -0.272 e. The Hall–Kier alpha value is -2.35. The number of hydrazone groups is 1. The van der Waals surface area contributed by atoms with Gasteiger partial charge in [-0.25, -0.2) is 0 Å². The Morgan fingerprint density at radius 2 is 1.83 bits per heavy atom. The number of carbonyl (C=O) groups is 2. The minimum absolute atomic E-state index is 0.0514. The van der Waals surface area contributed by atoms with Gasteiger partial charge in [-0.2, -0.15) is 10.1 Å². The number of hydrogen-bond acceptors (Lipinski definition) is 5. The Labute approximate surface area is 145 Å². The monoisotopic (exact) mass is 389 g/mol. The fraction of sp³-hybridized carbons (Fsp3) is 0.312. The van der Waals surface area contributed by atoms with Crippen molar-refractivity contribution in [3.63, 3.8) is 0 Å². The topological polar surface area (TPSA) is 92.9 Å². The highest BCUT2D eigenvalue weighted by Gasteiger charge is 2.59. The Kier molecular flexibility index (Phi) is 3.38. The molecule has 1 saturated carbocycles. The third-order valence-electron chi connectivity index (χ3n) is 4.95. The highest BCUT2D eigenvalue weighted by atomic mass is 79.9. The van der Waals surface area contributed by atoms with Gasteiger partial charge in [-0.1, -0.05) is 12.2 Å². The molecular weight excluding hydrogens is 378 g/mol. The van der Waals surface area contributed by atoms with E-state index in [1.807, 2.05) is 12.2 Å². The number of imide groups is 1. The largest absolute Gasteiger partial charge is 0.272 e. The Morgan fingerprint density at radius 1 is 1.21 bits per heavy atom. The lowest BCUT2D eigenvalue weighted by Crippen LogP contribution is -2.28. The molecule has 7 nitrogen and oxygen atoms in total. The fourth-order valence-electron chi connectivity index (χ4n) is 3.85. The Morgan fingerprint density at radius 3 is 2.38 bits per heavy atom. The van der Waals surface area contributed by atoms with Gasteiger partial charge < -0.3 is 0 Å². The summed E-state index contributed by atoms with van der Waals surface area (Å²) in [6.45, 7) is 0. The number of rotatable bonds is 3. The zero-order chi connectivity index (χ0) is 17.0. The summed E-state index contributed by atoms with van der Waals surface area (Å²) in [5.74, 6) is -0.798. The number of halogens is 1. The molecule has 2 bridgehead atoms. The second-order valence-corrected chi connectivity index (χ2v) is 7.05. The SMILES string of the molecule is O=C1[C@H]2[C@H](C(=O)N1/N=C\c1ccc([N+](=O)[O-])cc1Br)[C@H]1C=C[C@H]2C1. The van der Waals surface area contributed by atoms with E-state index in [-0.39, 0.29) is 41.2 Å². The van der Waals surface area contributed by atoms with Crippen LogP contribution in [0.1, 0.15) is 12.0 Å². The molecular formula is C16H12BrN3O4. The van der Waals surface area contributed by atoms with Gasteiger partial charge in [-0.3, -0.25) is 19.7 Å². The molecule has 4 rings (SSSR count). The number of carbonyl (C=O) groups excluding carboxylic acids is 2. The first-order valence-electron chi connectivity index (χ1n) is 7.51. The van der Waals surface area contributed by atoms with E-state index in [4.69, 9.17) is 0 Å². The highest BCUT2D eigenvalue weighted by Crippen LogP contribution is 2.52. The van der Waals surface area contributed by atoms with E-state index in [1.165, 1.54) is 24.4 Å². The quantitative estimate of drug-likeness (QED) is 0.261. The molecule has 4 atom stereocenters. The molecule has 1 saturated heterocycles. The van der Waals surface area contributed by atoms with Gasteiger partial charge in [0, 0.05) is 22.2 Å². The van der Waals surface area contributed by atoms with Gasteiger partial charge in [0.1, 0.15) is 0 Å². The van der Waals surface area contributed by atoms with Crippen LogP contribution in [0, 0.1) is 33.8 Å². The zero-order valence-corrected chi connectivity index (χ0v) is 13.9. The predicted molar refractivity (Wildman–Crippen MR) is 88.0 cm³/mol. The van der Waals surface area contributed by atoms with Crippen molar-refractivity contribution in [3.8, 4) is 0 Å². The molecule has 24 heavy (non-hydrogen) atoms. The summed E-state index contributed by atoms with van der Waals surface area (Å²) in [4.78, 5) is 35.2. The first-order chi connectivity index (χ1) is 11.5. The van der Waals surface area contributed by atoms with Crippen molar-refractivity contribution in [2.24, 2.45) is 28.8 Å². The minimum atomic E-state index is -0.497. The number of nitro groups is 1. The van der Waals surface area contributed by atoms with Gasteiger partial charge in [0.05, 0.1) is 23.0 Å². The van der Waals surface area contributed by atoms with Crippen molar-refractivity contribution >= 4 is 39.6 Å². The molecule has 0 spiro atoms. The molecule has 2 amide bonds. The summed E-state index contributed by atoms with van der Waals surface area (Å²) in [5.41, 5.74) is 0.504. The van der Waals surface area contributed by atoms with Crippen molar-refractivity contribution in [2.45, 2.75) is 6.42 Å². The number of hydrogen-bond donors (Lipinski definition) is 0. The molecule has 0 N–H and O–H groups in total. The zero-order valence-electron chi connectivity index (χ0n) is 12.3. The van der Waals surface area contributed by atoms with Crippen LogP contribution in [0.25, 0.3) is 0 Å². The maximum absolute atomic E-state index is 12.5. The molecule has 2 aliphatic carbocycles. The molecule has 0 aromatic heterocycles. The number of nitro benzene ring substituents is 1. The summed E-state index contributed by atoms with van der Waals surface area (Å²) in [5, 5.41) is 15.7. The van der Waals surface area contributed by atoms with E-state index >= 15 is 0 Å². The maximum atomic E-state index is 12.5. The van der Waals surface area contributed by atoms with E-state index in [1.54, 1.807) is 0 Å². The second kappa shape index (κ2) is 5.34. The lowest BCUT2D eigenvalue weighted by atomic mass is 9.85. The molecule has 8 heteroatoms. The molecule has 0 radical (unpaired) electrons. The van der Waals surface area contributed by atoms with Crippen LogP contribution in [0.4, 0.5) is 5.69 Å². The van der Waals surface area contributed by atoms with E-state index in [0.29, 0.717) is 10.0 Å². The van der Waals surface area contributed by atoms with Crippen LogP contribution < -0.4 is 0 Å². The number of allylic oxidation sites excluding steroid dienone is 2. The van der Waals surface area contributed by atoms with Crippen LogP contribution in [0.3, 0.4) is 0 Å². The third-order valence-corrected chi connectivity index (χ3v) is 5.64. The third kappa shape index (κ3) is 2.13. The summed E-state index contributed by atoms with van der Waals surface area (Å²) < 4.78 is 0.474. The van der Waals surface area contributed by atoms with Crippen LogP contribution in [0.5, 0.6) is 0 Å². The lowest BCUT2D eigenvalue weighted by Gasteiger charge is -2.13. The standard InChI is InChI=1S/C16H12BrN3O4/c17-12-6-11(20(23)24)4-3-10(12)7-18-19-15(21)13-8-1-2-9(5-8)14(13)16(19)22/h1-4,6-9,13-14H,5H2/b18-7-/t8-,9-,13+,14+/m0/s1. The van der Waals surface area contributed by atoms with Gasteiger partial charge >= 0.3 is 0 Å². The average molecular weight is 390 g/mol. The van der Waals surface area contributed by atoms with Crippen molar-refractivity contribution < 1.29 is 14.5 Å². The van der Waals surface area contributed by atoms with Gasteiger partial charge in [0.25, 0.3) is 17.5 Å². The maximum Gasteiger partial charge on any atom is 0.270 e. The second-order valence-electron chi connectivity index (χ2n) is 6.20. The summed E-state index contributed by atoms with van der Waals surface area (Å²) in [7, 11) is 0. The van der Waals surface area contributed by atoms with Crippen LogP contribution in [0.15, 0.2) is 39.9 Å². The van der Waals surface area contributed by atoms with E-state index in [0.717, 1.165) is 11.4 Å². The molecule has 1 aromatic rings. The molecule has 2 fully saturated rings. The van der Waals surface area contributed by atoms with Gasteiger partial charge in [-0.05, 0) is 40.3 Å².